The van der Waals surface area contributed by atoms with Gasteiger partial charge in [-0.15, -0.1) is 10.2 Å². The lowest BCUT2D eigenvalue weighted by molar-refractivity contribution is -0.146. The van der Waals surface area contributed by atoms with E-state index < -0.39 is 11.9 Å². The highest BCUT2D eigenvalue weighted by atomic mass is 32.1. The number of hydrogen-bond donors (Lipinski definition) is 1. The van der Waals surface area contributed by atoms with Crippen LogP contribution in [0, 0.1) is 11.8 Å². The zero-order valence-electron chi connectivity index (χ0n) is 13.0. The maximum Gasteiger partial charge on any atom is 0.249 e. The quantitative estimate of drug-likeness (QED) is 0.663. The summed E-state index contributed by atoms with van der Waals surface area (Å²) in [5, 5.41) is 11.7. The van der Waals surface area contributed by atoms with E-state index in [1.807, 2.05) is 19.1 Å². The Balaban J connectivity index is 1.72. The molecule has 1 aliphatic carbocycles. The van der Waals surface area contributed by atoms with Crippen molar-refractivity contribution in [2.75, 3.05) is 5.32 Å². The Bertz CT molecular complexity index is 658. The summed E-state index contributed by atoms with van der Waals surface area (Å²) in [5.41, 5.74) is 0. The fraction of sp³-hybridized carbons (Fsp3) is 0.533. The zero-order chi connectivity index (χ0) is 16.6. The molecule has 1 aromatic rings. The maximum absolute atomic E-state index is 12.5. The summed E-state index contributed by atoms with van der Waals surface area (Å²) >= 11 is 1.29. The average Bonchev–Trinajstić information content (AvgIpc) is 3.11. The topological polar surface area (TPSA) is 92.3 Å². The molecule has 3 rings (SSSR count). The van der Waals surface area contributed by atoms with Crippen LogP contribution in [0.2, 0.25) is 0 Å². The number of carbonyl (C=O) groups excluding carboxylic acids is 3. The molecule has 1 N–H and O–H groups in total. The number of allylic oxidation sites excluding steroid dienone is 2. The molecule has 8 heteroatoms. The number of carbonyl (C=O) groups is 3. The van der Waals surface area contributed by atoms with Gasteiger partial charge < -0.3 is 0 Å². The molecule has 1 aliphatic heterocycles. The first-order chi connectivity index (χ1) is 11.0. The van der Waals surface area contributed by atoms with E-state index in [0.29, 0.717) is 18.0 Å². The molecule has 1 fully saturated rings. The molecular weight excluding hydrogens is 316 g/mol. The zero-order valence-corrected chi connectivity index (χ0v) is 13.8. The van der Waals surface area contributed by atoms with Gasteiger partial charge in [-0.3, -0.25) is 24.6 Å². The Hall–Kier alpha value is -2.09. The Morgan fingerprint density at radius 3 is 2.43 bits per heavy atom. The van der Waals surface area contributed by atoms with Gasteiger partial charge in [0.2, 0.25) is 22.9 Å². The van der Waals surface area contributed by atoms with E-state index >= 15 is 0 Å². The minimum absolute atomic E-state index is 0.251. The van der Waals surface area contributed by atoms with Gasteiger partial charge in [0.25, 0.3) is 0 Å². The van der Waals surface area contributed by atoms with E-state index in [1.54, 1.807) is 6.92 Å². The van der Waals surface area contributed by atoms with E-state index in [4.69, 9.17) is 0 Å². The molecule has 2 heterocycles. The molecular formula is C15H18N4O3S. The second-order valence-corrected chi connectivity index (χ2v) is 6.78. The van der Waals surface area contributed by atoms with Gasteiger partial charge in [0, 0.05) is 0 Å². The van der Waals surface area contributed by atoms with Gasteiger partial charge in [-0.2, -0.15) is 0 Å². The van der Waals surface area contributed by atoms with Crippen molar-refractivity contribution < 1.29 is 14.4 Å². The third kappa shape index (κ3) is 2.78. The van der Waals surface area contributed by atoms with Crippen LogP contribution in [-0.4, -0.2) is 38.9 Å². The first-order valence-electron chi connectivity index (χ1n) is 7.68. The molecule has 0 aromatic carbocycles. The van der Waals surface area contributed by atoms with Crippen LogP contribution in [0.25, 0.3) is 0 Å². The van der Waals surface area contributed by atoms with Gasteiger partial charge >= 0.3 is 0 Å². The highest BCUT2D eigenvalue weighted by Gasteiger charge is 2.50. The van der Waals surface area contributed by atoms with Crippen LogP contribution < -0.4 is 5.32 Å². The molecule has 0 saturated carbocycles. The van der Waals surface area contributed by atoms with Crippen molar-refractivity contribution >= 4 is 34.2 Å². The second-order valence-electron chi connectivity index (χ2n) is 5.72. The molecule has 3 amide bonds. The van der Waals surface area contributed by atoms with Crippen molar-refractivity contribution in [2.45, 2.75) is 39.2 Å². The van der Waals surface area contributed by atoms with E-state index in [9.17, 15) is 14.4 Å². The van der Waals surface area contributed by atoms with Gasteiger partial charge in [-0.05, 0) is 26.2 Å². The monoisotopic (exact) mass is 334 g/mol. The maximum atomic E-state index is 12.5. The van der Waals surface area contributed by atoms with Gasteiger partial charge in [0.05, 0.1) is 11.8 Å². The minimum atomic E-state index is -0.852. The third-order valence-corrected chi connectivity index (χ3v) is 5.29. The molecule has 2 aliphatic rings. The smallest absolute Gasteiger partial charge is 0.249 e. The molecule has 0 unspecified atom stereocenters. The number of aryl methyl sites for hydroxylation is 1. The number of rotatable bonds is 4. The Labute approximate surface area is 137 Å². The molecule has 122 valence electrons. The molecule has 1 saturated heterocycles. The van der Waals surface area contributed by atoms with Crippen LogP contribution in [0.5, 0.6) is 0 Å². The standard InChI is InChI=1S/C15H18N4O3S/c1-3-11-17-18-15(23-11)16-12(20)8(2)19-13(21)9-6-4-5-7-10(9)14(19)22/h4-5,8-10H,3,6-7H2,1-2H3,(H,16,18,20)/t8-,9+,10+/m1/s1. The lowest BCUT2D eigenvalue weighted by atomic mass is 9.85. The fourth-order valence-electron chi connectivity index (χ4n) is 2.98. The highest BCUT2D eigenvalue weighted by Crippen LogP contribution is 2.36. The molecule has 0 spiro atoms. The number of aromatic nitrogens is 2. The van der Waals surface area contributed by atoms with E-state index in [0.717, 1.165) is 16.3 Å². The number of nitrogens with one attached hydrogen (secondary N) is 1. The first-order valence-corrected chi connectivity index (χ1v) is 8.49. The number of imide groups is 1. The summed E-state index contributed by atoms with van der Waals surface area (Å²) in [6, 6.07) is -0.852. The van der Waals surface area contributed by atoms with Gasteiger partial charge in [-0.25, -0.2) is 0 Å². The van der Waals surface area contributed by atoms with Crippen LogP contribution in [0.15, 0.2) is 12.2 Å². The number of likely N-dealkylation sites (tertiary alicyclic amines) is 1. The second kappa shape index (κ2) is 6.19. The minimum Gasteiger partial charge on any atom is -0.299 e. The van der Waals surface area contributed by atoms with Crippen molar-refractivity contribution in [3.8, 4) is 0 Å². The van der Waals surface area contributed by atoms with E-state index in [1.165, 1.54) is 11.3 Å². The van der Waals surface area contributed by atoms with Crippen LogP contribution in [0.4, 0.5) is 5.13 Å². The molecule has 1 aromatic heterocycles. The average molecular weight is 334 g/mol. The lowest BCUT2D eigenvalue weighted by Crippen LogP contribution is -2.46. The molecule has 0 bridgehead atoms. The van der Waals surface area contributed by atoms with Crippen molar-refractivity contribution in [3.05, 3.63) is 17.2 Å². The number of nitrogens with zero attached hydrogens (tertiary/aromatic N) is 3. The number of amides is 3. The molecule has 7 nitrogen and oxygen atoms in total. The fourth-order valence-corrected chi connectivity index (χ4v) is 3.66. The van der Waals surface area contributed by atoms with Gasteiger partial charge in [0.1, 0.15) is 11.0 Å². The number of fused-ring (bicyclic) bond motifs is 1. The summed E-state index contributed by atoms with van der Waals surface area (Å²) in [4.78, 5) is 38.4. The van der Waals surface area contributed by atoms with Crippen molar-refractivity contribution in [2.24, 2.45) is 11.8 Å². The highest BCUT2D eigenvalue weighted by molar-refractivity contribution is 7.15. The van der Waals surface area contributed by atoms with Crippen molar-refractivity contribution in [3.63, 3.8) is 0 Å². The van der Waals surface area contributed by atoms with Crippen LogP contribution >= 0.6 is 11.3 Å². The Morgan fingerprint density at radius 1 is 1.30 bits per heavy atom. The third-order valence-electron chi connectivity index (χ3n) is 4.31. The predicted molar refractivity (Wildman–Crippen MR) is 84.6 cm³/mol. The molecule has 0 radical (unpaired) electrons. The number of hydrogen-bond acceptors (Lipinski definition) is 6. The van der Waals surface area contributed by atoms with E-state index in [-0.39, 0.29) is 23.7 Å². The van der Waals surface area contributed by atoms with Gasteiger partial charge in [0.15, 0.2) is 0 Å². The summed E-state index contributed by atoms with van der Waals surface area (Å²) < 4.78 is 0. The number of anilines is 1. The van der Waals surface area contributed by atoms with Crippen molar-refractivity contribution in [1.29, 1.82) is 0 Å². The Morgan fingerprint density at radius 2 is 1.91 bits per heavy atom. The SMILES string of the molecule is CCc1nnc(NC(=O)[C@@H](C)N2C(=O)[C@H]3CC=CC[C@@H]3C2=O)s1. The summed E-state index contributed by atoms with van der Waals surface area (Å²) in [6.45, 7) is 3.52. The first kappa shape index (κ1) is 15.8. The normalized spacial score (nSPS) is 24.7. The summed E-state index contributed by atoms with van der Waals surface area (Å²) in [6.07, 6.45) is 5.72. The molecule has 3 atom stereocenters. The summed E-state index contributed by atoms with van der Waals surface area (Å²) in [5.74, 6) is -1.57. The summed E-state index contributed by atoms with van der Waals surface area (Å²) in [7, 11) is 0. The van der Waals surface area contributed by atoms with E-state index in [2.05, 4.69) is 15.5 Å². The lowest BCUT2D eigenvalue weighted by Gasteiger charge is -2.21. The Kier molecular flexibility index (Phi) is 4.25. The molecule has 23 heavy (non-hydrogen) atoms. The van der Waals surface area contributed by atoms with Crippen molar-refractivity contribution in [1.82, 2.24) is 15.1 Å². The van der Waals surface area contributed by atoms with Crippen LogP contribution in [0.1, 0.15) is 31.7 Å². The predicted octanol–water partition coefficient (Wildman–Crippen LogP) is 1.38. The van der Waals surface area contributed by atoms with Gasteiger partial charge in [-0.1, -0.05) is 30.4 Å². The van der Waals surface area contributed by atoms with Crippen LogP contribution in [0.3, 0.4) is 0 Å². The largest absolute Gasteiger partial charge is 0.299 e. The van der Waals surface area contributed by atoms with Crippen LogP contribution in [-0.2, 0) is 20.8 Å².